The first kappa shape index (κ1) is 14.5. The number of terminal acetylenes is 1. The van der Waals surface area contributed by atoms with Crippen LogP contribution in [0.15, 0.2) is 0 Å². The molecule has 1 fully saturated rings. The predicted molar refractivity (Wildman–Crippen MR) is 67.9 cm³/mol. The molecule has 1 saturated carbocycles. The van der Waals surface area contributed by atoms with Crippen molar-refractivity contribution < 1.29 is 14.7 Å². The maximum atomic E-state index is 11.7. The average Bonchev–Trinajstić information content (AvgIpc) is 2.56. The van der Waals surface area contributed by atoms with Crippen molar-refractivity contribution in [1.82, 2.24) is 10.6 Å². The SMILES string of the molecule is C#CCNCC(=O)NC1(C(=O)O)CCCCCC1. The Hall–Kier alpha value is -1.54. The minimum absolute atomic E-state index is 0.0548. The first-order chi connectivity index (χ1) is 8.60. The molecule has 1 rings (SSSR count). The summed E-state index contributed by atoms with van der Waals surface area (Å²) in [7, 11) is 0. The van der Waals surface area contributed by atoms with Crippen LogP contribution in [0.3, 0.4) is 0 Å². The van der Waals surface area contributed by atoms with Crippen molar-refractivity contribution in [1.29, 1.82) is 0 Å². The molecule has 5 nitrogen and oxygen atoms in total. The number of nitrogens with one attached hydrogen (secondary N) is 2. The van der Waals surface area contributed by atoms with Crippen molar-refractivity contribution in [2.24, 2.45) is 0 Å². The average molecular weight is 252 g/mol. The van der Waals surface area contributed by atoms with Gasteiger partial charge in [-0.3, -0.25) is 10.1 Å². The van der Waals surface area contributed by atoms with E-state index in [1.54, 1.807) is 0 Å². The molecule has 0 unspecified atom stereocenters. The molecular formula is C13H20N2O3. The molecule has 18 heavy (non-hydrogen) atoms. The van der Waals surface area contributed by atoms with Crippen LogP contribution in [0, 0.1) is 12.3 Å². The third-order valence-electron chi connectivity index (χ3n) is 3.26. The van der Waals surface area contributed by atoms with Crippen LogP contribution in [-0.4, -0.2) is 35.6 Å². The zero-order chi connectivity index (χ0) is 13.4. The number of aliphatic carboxylic acids is 1. The van der Waals surface area contributed by atoms with E-state index in [9.17, 15) is 14.7 Å². The van der Waals surface area contributed by atoms with E-state index in [0.29, 0.717) is 19.4 Å². The Kier molecular flexibility index (Phi) is 5.66. The summed E-state index contributed by atoms with van der Waals surface area (Å²) in [4.78, 5) is 23.1. The minimum atomic E-state index is -1.09. The fraction of sp³-hybridized carbons (Fsp3) is 0.692. The number of carbonyl (C=O) groups excluding carboxylic acids is 1. The molecule has 0 saturated heterocycles. The number of hydrogen-bond acceptors (Lipinski definition) is 3. The van der Waals surface area contributed by atoms with Crippen LogP contribution in [0.25, 0.3) is 0 Å². The molecular weight excluding hydrogens is 232 g/mol. The molecule has 0 bridgehead atoms. The molecule has 3 N–H and O–H groups in total. The monoisotopic (exact) mass is 252 g/mol. The Balaban J connectivity index is 2.59. The van der Waals surface area contributed by atoms with Crippen LogP contribution in [0.4, 0.5) is 0 Å². The molecule has 0 radical (unpaired) electrons. The van der Waals surface area contributed by atoms with Gasteiger partial charge < -0.3 is 10.4 Å². The first-order valence-corrected chi connectivity index (χ1v) is 6.29. The molecule has 100 valence electrons. The summed E-state index contributed by atoms with van der Waals surface area (Å²) < 4.78 is 0. The number of carbonyl (C=O) groups is 2. The Morgan fingerprint density at radius 2 is 1.83 bits per heavy atom. The van der Waals surface area contributed by atoms with Crippen LogP contribution >= 0.6 is 0 Å². The van der Waals surface area contributed by atoms with E-state index < -0.39 is 11.5 Å². The lowest BCUT2D eigenvalue weighted by molar-refractivity contribution is -0.148. The number of carboxylic acids is 1. The highest BCUT2D eigenvalue weighted by Gasteiger charge is 2.39. The van der Waals surface area contributed by atoms with Gasteiger partial charge in [0.25, 0.3) is 0 Å². The van der Waals surface area contributed by atoms with Crippen molar-refractivity contribution in [2.75, 3.05) is 13.1 Å². The van der Waals surface area contributed by atoms with E-state index in [2.05, 4.69) is 16.6 Å². The third-order valence-corrected chi connectivity index (χ3v) is 3.26. The van der Waals surface area contributed by atoms with Gasteiger partial charge >= 0.3 is 5.97 Å². The highest BCUT2D eigenvalue weighted by Crippen LogP contribution is 2.27. The van der Waals surface area contributed by atoms with E-state index in [1.165, 1.54) is 0 Å². The second-order valence-corrected chi connectivity index (χ2v) is 4.66. The molecule has 0 heterocycles. The summed E-state index contributed by atoms with van der Waals surface area (Å²) in [6, 6.07) is 0. The number of rotatable bonds is 5. The van der Waals surface area contributed by atoms with Crippen LogP contribution in [-0.2, 0) is 9.59 Å². The van der Waals surface area contributed by atoms with Gasteiger partial charge in [0.05, 0.1) is 13.1 Å². The van der Waals surface area contributed by atoms with Crippen LogP contribution in [0.2, 0.25) is 0 Å². The zero-order valence-corrected chi connectivity index (χ0v) is 10.5. The lowest BCUT2D eigenvalue weighted by Crippen LogP contribution is -2.56. The van der Waals surface area contributed by atoms with Gasteiger partial charge in [-0.2, -0.15) is 0 Å². The molecule has 1 amide bonds. The highest BCUT2D eigenvalue weighted by molar-refractivity contribution is 5.87. The summed E-state index contributed by atoms with van der Waals surface area (Å²) in [6.45, 7) is 0.354. The van der Waals surface area contributed by atoms with E-state index in [0.717, 1.165) is 25.7 Å². The maximum Gasteiger partial charge on any atom is 0.329 e. The van der Waals surface area contributed by atoms with E-state index in [4.69, 9.17) is 6.42 Å². The largest absolute Gasteiger partial charge is 0.480 e. The quantitative estimate of drug-likeness (QED) is 0.378. The minimum Gasteiger partial charge on any atom is -0.480 e. The topological polar surface area (TPSA) is 78.4 Å². The molecule has 0 aliphatic heterocycles. The van der Waals surface area contributed by atoms with Crippen molar-refractivity contribution >= 4 is 11.9 Å². The van der Waals surface area contributed by atoms with E-state index in [-0.39, 0.29) is 12.5 Å². The zero-order valence-electron chi connectivity index (χ0n) is 10.5. The molecule has 0 aromatic carbocycles. The summed E-state index contributed by atoms with van der Waals surface area (Å²) in [5.74, 6) is 1.12. The van der Waals surface area contributed by atoms with Gasteiger partial charge in [-0.05, 0) is 12.8 Å². The van der Waals surface area contributed by atoms with Gasteiger partial charge in [-0.25, -0.2) is 4.79 Å². The second kappa shape index (κ2) is 7.02. The van der Waals surface area contributed by atoms with Crippen LogP contribution < -0.4 is 10.6 Å². The van der Waals surface area contributed by atoms with Gasteiger partial charge in [0, 0.05) is 0 Å². The molecule has 0 aromatic rings. The van der Waals surface area contributed by atoms with Gasteiger partial charge in [0.1, 0.15) is 5.54 Å². The first-order valence-electron chi connectivity index (χ1n) is 6.29. The van der Waals surface area contributed by atoms with Crippen molar-refractivity contribution in [2.45, 2.75) is 44.1 Å². The second-order valence-electron chi connectivity index (χ2n) is 4.66. The Bertz CT molecular complexity index is 339. The molecule has 0 aromatic heterocycles. The molecule has 0 atom stereocenters. The lowest BCUT2D eigenvalue weighted by Gasteiger charge is -2.29. The molecule has 1 aliphatic rings. The molecule has 0 spiro atoms. The van der Waals surface area contributed by atoms with Crippen molar-refractivity contribution in [3.05, 3.63) is 0 Å². The van der Waals surface area contributed by atoms with E-state index in [1.807, 2.05) is 0 Å². The third kappa shape index (κ3) is 4.04. The smallest absolute Gasteiger partial charge is 0.329 e. The fourth-order valence-electron chi connectivity index (χ4n) is 2.28. The lowest BCUT2D eigenvalue weighted by atomic mass is 9.90. The number of hydrogen-bond donors (Lipinski definition) is 3. The normalized spacial score (nSPS) is 18.4. The van der Waals surface area contributed by atoms with Gasteiger partial charge in [0.2, 0.25) is 5.91 Å². The van der Waals surface area contributed by atoms with Gasteiger partial charge in [-0.15, -0.1) is 6.42 Å². The standard InChI is InChI=1S/C13H20N2O3/c1-2-9-14-10-11(16)15-13(12(17)18)7-5-3-4-6-8-13/h1,14H,3-10H2,(H,15,16)(H,17,18). The number of amides is 1. The molecule has 1 aliphatic carbocycles. The summed E-state index contributed by atoms with van der Waals surface area (Å²) in [5.41, 5.74) is -1.09. The summed E-state index contributed by atoms with van der Waals surface area (Å²) in [5, 5.41) is 14.8. The van der Waals surface area contributed by atoms with Gasteiger partial charge in [-0.1, -0.05) is 31.6 Å². The fourth-order valence-corrected chi connectivity index (χ4v) is 2.28. The Morgan fingerprint density at radius 1 is 1.22 bits per heavy atom. The Labute approximate surface area is 107 Å². The van der Waals surface area contributed by atoms with E-state index >= 15 is 0 Å². The predicted octanol–water partition coefficient (Wildman–Crippen LogP) is 0.503. The Morgan fingerprint density at radius 3 is 2.33 bits per heavy atom. The highest BCUT2D eigenvalue weighted by atomic mass is 16.4. The van der Waals surface area contributed by atoms with Crippen molar-refractivity contribution in [3.63, 3.8) is 0 Å². The summed E-state index contributed by atoms with van der Waals surface area (Å²) >= 11 is 0. The molecule has 5 heteroatoms. The van der Waals surface area contributed by atoms with Crippen molar-refractivity contribution in [3.8, 4) is 12.3 Å². The van der Waals surface area contributed by atoms with Crippen LogP contribution in [0.5, 0.6) is 0 Å². The maximum absolute atomic E-state index is 11.7. The van der Waals surface area contributed by atoms with Crippen LogP contribution in [0.1, 0.15) is 38.5 Å². The number of carboxylic acid groups (broad SMARTS) is 1. The summed E-state index contributed by atoms with van der Waals surface area (Å²) in [6.07, 6.45) is 9.79. The van der Waals surface area contributed by atoms with Gasteiger partial charge in [0.15, 0.2) is 0 Å².